The van der Waals surface area contributed by atoms with E-state index in [1.54, 1.807) is 0 Å². The summed E-state index contributed by atoms with van der Waals surface area (Å²) in [6.07, 6.45) is 3.30. The lowest BCUT2D eigenvalue weighted by Gasteiger charge is -2.45. The summed E-state index contributed by atoms with van der Waals surface area (Å²) in [6.45, 7) is 0.852. The molecule has 0 aromatic carbocycles. The number of hydrogen-bond acceptors (Lipinski definition) is 12. The van der Waals surface area contributed by atoms with Crippen molar-refractivity contribution < 1.29 is 59.5 Å². The van der Waals surface area contributed by atoms with Gasteiger partial charge in [0.1, 0.15) is 42.7 Å². The van der Waals surface area contributed by atoms with Crippen LogP contribution in [0.2, 0.25) is 0 Å². The first kappa shape index (κ1) is 37.0. The van der Waals surface area contributed by atoms with E-state index in [9.17, 15) is 40.5 Å². The zero-order chi connectivity index (χ0) is 30.9. The number of rotatable bonds is 20. The summed E-state index contributed by atoms with van der Waals surface area (Å²) in [4.78, 5) is 12.6. The second-order valence-corrected chi connectivity index (χ2v) is 11.3. The molecule has 246 valence electrons. The normalized spacial score (nSPS) is 33.7. The van der Waals surface area contributed by atoms with Crippen LogP contribution in [0, 0.1) is 0 Å². The molecule has 0 saturated carbocycles. The van der Waals surface area contributed by atoms with Gasteiger partial charge in [-0.15, -0.1) is 0 Å². The van der Waals surface area contributed by atoms with Gasteiger partial charge < -0.3 is 54.7 Å². The highest BCUT2D eigenvalue weighted by atomic mass is 16.8. The average molecular weight is 607 g/mol. The summed E-state index contributed by atoms with van der Waals surface area (Å²) in [6, 6.07) is 0. The highest BCUT2D eigenvalue weighted by Gasteiger charge is 2.51. The fourth-order valence-electron chi connectivity index (χ4n) is 5.16. The molecule has 2 saturated heterocycles. The number of unbranched alkanes of at least 4 members (excludes halogenated alkanes) is 11. The lowest BCUT2D eigenvalue weighted by atomic mass is 9.97. The molecule has 7 N–H and O–H groups in total. The van der Waals surface area contributed by atoms with Crippen LogP contribution in [0.25, 0.3) is 0 Å². The van der Waals surface area contributed by atoms with E-state index < -0.39 is 80.6 Å². The van der Waals surface area contributed by atoms with Crippen molar-refractivity contribution in [2.75, 3.05) is 13.2 Å². The summed E-state index contributed by atoms with van der Waals surface area (Å²) >= 11 is 0. The van der Waals surface area contributed by atoms with Gasteiger partial charge in [-0.1, -0.05) is 70.4 Å². The molecule has 2 fully saturated rings. The van der Waals surface area contributed by atoms with Crippen molar-refractivity contribution >= 4 is 5.97 Å². The van der Waals surface area contributed by atoms with E-state index in [-0.39, 0.29) is 6.42 Å². The standard InChI is InChI=1S/C30H54O12/c1-2-3-4-5-6-7-8-9-10-11-12-13-14-15-16-17-22(33)41-30-28(26(37)24(35)21(19-32)40-30)42-29-27(38)25(36)23(34)20(18-31)39-29/h7-8,20-21,23-32,34-38H,2-6,9-19H2,1H3/b8-7-/t20-,21-,23-,24-,25+,26+,27-,28-,29+,30+/m1/s1. The molecule has 42 heavy (non-hydrogen) atoms. The maximum atomic E-state index is 12.6. The molecule has 2 aliphatic heterocycles. The SMILES string of the molecule is CCCCCC/C=C\CCCCCCCCCC(=O)O[C@@H]1O[C@H](CO)[C@@H](O)[C@H](O)[C@H]1O[C@@H]1O[C@H](CO)[C@@H](O)[C@H](O)[C@H]1O. The molecule has 0 aromatic rings. The van der Waals surface area contributed by atoms with Crippen LogP contribution < -0.4 is 0 Å². The Morgan fingerprint density at radius 2 is 1.14 bits per heavy atom. The highest BCUT2D eigenvalue weighted by molar-refractivity contribution is 5.69. The van der Waals surface area contributed by atoms with E-state index in [1.165, 1.54) is 44.9 Å². The van der Waals surface area contributed by atoms with Crippen LogP contribution in [-0.4, -0.2) is 116 Å². The van der Waals surface area contributed by atoms with Crippen LogP contribution in [0.15, 0.2) is 12.2 Å². The van der Waals surface area contributed by atoms with Crippen LogP contribution in [0.3, 0.4) is 0 Å². The Hall–Kier alpha value is -1.19. The second kappa shape index (κ2) is 20.7. The molecule has 2 heterocycles. The van der Waals surface area contributed by atoms with Gasteiger partial charge in [-0.2, -0.15) is 0 Å². The van der Waals surface area contributed by atoms with Crippen molar-refractivity contribution in [3.05, 3.63) is 12.2 Å². The fourth-order valence-corrected chi connectivity index (χ4v) is 5.16. The lowest BCUT2D eigenvalue weighted by molar-refractivity contribution is -0.362. The number of carbonyl (C=O) groups excluding carboxylic acids is 1. The Morgan fingerprint density at radius 1 is 0.643 bits per heavy atom. The number of ether oxygens (including phenoxy) is 4. The third-order valence-electron chi connectivity index (χ3n) is 7.85. The summed E-state index contributed by atoms with van der Waals surface area (Å²) in [5.41, 5.74) is 0. The average Bonchev–Trinajstić information content (AvgIpc) is 2.98. The minimum absolute atomic E-state index is 0.0815. The number of aliphatic hydroxyl groups is 7. The molecule has 12 nitrogen and oxygen atoms in total. The van der Waals surface area contributed by atoms with Crippen LogP contribution in [0.4, 0.5) is 0 Å². The van der Waals surface area contributed by atoms with E-state index in [1.807, 2.05) is 0 Å². The monoisotopic (exact) mass is 606 g/mol. The molecule has 0 radical (unpaired) electrons. The second-order valence-electron chi connectivity index (χ2n) is 11.3. The van der Waals surface area contributed by atoms with Gasteiger partial charge in [0.2, 0.25) is 6.29 Å². The third-order valence-corrected chi connectivity index (χ3v) is 7.85. The molecule has 0 spiro atoms. The van der Waals surface area contributed by atoms with Crippen LogP contribution in [-0.2, 0) is 23.7 Å². The molecule has 0 bridgehead atoms. The molecule has 2 rings (SSSR count). The topological polar surface area (TPSA) is 196 Å². The van der Waals surface area contributed by atoms with Gasteiger partial charge in [0, 0.05) is 6.42 Å². The van der Waals surface area contributed by atoms with Crippen molar-refractivity contribution in [3.8, 4) is 0 Å². The Balaban J connectivity index is 1.72. The fraction of sp³-hybridized carbons (Fsp3) is 0.900. The van der Waals surface area contributed by atoms with Crippen molar-refractivity contribution in [3.63, 3.8) is 0 Å². The minimum atomic E-state index is -1.78. The first-order chi connectivity index (χ1) is 20.2. The van der Waals surface area contributed by atoms with Crippen molar-refractivity contribution in [1.29, 1.82) is 0 Å². The number of aliphatic hydroxyl groups excluding tert-OH is 7. The number of hydrogen-bond donors (Lipinski definition) is 7. The largest absolute Gasteiger partial charge is 0.433 e. The van der Waals surface area contributed by atoms with E-state index in [0.717, 1.165) is 32.1 Å². The van der Waals surface area contributed by atoms with E-state index in [0.29, 0.717) is 6.42 Å². The zero-order valence-corrected chi connectivity index (χ0v) is 24.9. The van der Waals surface area contributed by atoms with Crippen molar-refractivity contribution in [2.45, 2.75) is 158 Å². The Labute approximate surface area is 249 Å². The predicted molar refractivity (Wildman–Crippen MR) is 152 cm³/mol. The number of carbonyl (C=O) groups is 1. The van der Waals surface area contributed by atoms with Crippen molar-refractivity contribution in [2.24, 2.45) is 0 Å². The zero-order valence-electron chi connectivity index (χ0n) is 24.9. The molecule has 12 heteroatoms. The maximum absolute atomic E-state index is 12.6. The quantitative estimate of drug-likeness (QED) is 0.0595. The third kappa shape index (κ3) is 12.1. The Morgan fingerprint density at radius 3 is 1.71 bits per heavy atom. The summed E-state index contributed by atoms with van der Waals surface area (Å²) in [7, 11) is 0. The van der Waals surface area contributed by atoms with Gasteiger partial charge in [0.25, 0.3) is 0 Å². The molecule has 0 amide bonds. The van der Waals surface area contributed by atoms with Crippen LogP contribution in [0.5, 0.6) is 0 Å². The van der Waals surface area contributed by atoms with Crippen LogP contribution >= 0.6 is 0 Å². The molecule has 0 unspecified atom stereocenters. The highest BCUT2D eigenvalue weighted by Crippen LogP contribution is 2.30. The molecular weight excluding hydrogens is 552 g/mol. The van der Waals surface area contributed by atoms with E-state index >= 15 is 0 Å². The lowest BCUT2D eigenvalue weighted by Crippen LogP contribution is -2.64. The van der Waals surface area contributed by atoms with Gasteiger partial charge in [0.05, 0.1) is 13.2 Å². The summed E-state index contributed by atoms with van der Waals surface area (Å²) in [5.74, 6) is -0.635. The van der Waals surface area contributed by atoms with E-state index in [4.69, 9.17) is 18.9 Å². The predicted octanol–water partition coefficient (Wildman–Crippen LogP) is 1.19. The summed E-state index contributed by atoms with van der Waals surface area (Å²) in [5, 5.41) is 70.2. The van der Waals surface area contributed by atoms with Gasteiger partial charge in [-0.25, -0.2) is 0 Å². The van der Waals surface area contributed by atoms with Gasteiger partial charge >= 0.3 is 5.97 Å². The maximum Gasteiger partial charge on any atom is 0.308 e. The summed E-state index contributed by atoms with van der Waals surface area (Å²) < 4.78 is 21.7. The van der Waals surface area contributed by atoms with E-state index in [2.05, 4.69) is 19.1 Å². The smallest absolute Gasteiger partial charge is 0.308 e. The molecular formula is C30H54O12. The first-order valence-electron chi connectivity index (χ1n) is 15.7. The molecule has 2 aliphatic rings. The first-order valence-corrected chi connectivity index (χ1v) is 15.7. The molecule has 10 atom stereocenters. The molecule has 0 aliphatic carbocycles. The molecule has 0 aromatic heterocycles. The number of esters is 1. The Bertz CT molecular complexity index is 750. The van der Waals surface area contributed by atoms with Crippen LogP contribution in [0.1, 0.15) is 96.8 Å². The van der Waals surface area contributed by atoms with Crippen molar-refractivity contribution in [1.82, 2.24) is 0 Å². The Kier molecular flexibility index (Phi) is 18.2. The minimum Gasteiger partial charge on any atom is -0.433 e. The van der Waals surface area contributed by atoms with Gasteiger partial charge in [-0.05, 0) is 32.1 Å². The van der Waals surface area contributed by atoms with Gasteiger partial charge in [-0.3, -0.25) is 4.79 Å². The number of allylic oxidation sites excluding steroid dienone is 2. The van der Waals surface area contributed by atoms with Gasteiger partial charge in [0.15, 0.2) is 12.4 Å².